The van der Waals surface area contributed by atoms with Crippen LogP contribution in [0.5, 0.6) is 0 Å². The van der Waals surface area contributed by atoms with E-state index in [4.69, 9.17) is 10.5 Å². The van der Waals surface area contributed by atoms with Gasteiger partial charge in [-0.1, -0.05) is 12.8 Å². The maximum atomic E-state index is 11.6. The Kier molecular flexibility index (Phi) is 4.26. The predicted molar refractivity (Wildman–Crippen MR) is 73.4 cm³/mol. The van der Waals surface area contributed by atoms with Crippen LogP contribution in [0.1, 0.15) is 25.7 Å². The third-order valence-electron chi connectivity index (χ3n) is 3.43. The Labute approximate surface area is 110 Å². The summed E-state index contributed by atoms with van der Waals surface area (Å²) in [4.78, 5) is 25.1. The summed E-state index contributed by atoms with van der Waals surface area (Å²) in [5.41, 5.74) is 4.93. The SMILES string of the molecule is Cn1c(N)c(NCCOC2CCCC2)c(=O)[nH]c1=O. The summed E-state index contributed by atoms with van der Waals surface area (Å²) < 4.78 is 6.87. The number of hydrogen-bond donors (Lipinski definition) is 3. The van der Waals surface area contributed by atoms with E-state index in [1.165, 1.54) is 24.5 Å². The first-order valence-corrected chi connectivity index (χ1v) is 6.54. The Balaban J connectivity index is 1.90. The number of nitrogens with one attached hydrogen (secondary N) is 2. The predicted octanol–water partition coefficient (Wildman–Crippen LogP) is 0.0269. The summed E-state index contributed by atoms with van der Waals surface area (Å²) in [6.07, 6.45) is 5.03. The molecule has 0 spiro atoms. The number of ether oxygens (including phenoxy) is 1. The first-order chi connectivity index (χ1) is 9.09. The Bertz CT molecular complexity index is 543. The van der Waals surface area contributed by atoms with Crippen LogP contribution in [0.2, 0.25) is 0 Å². The molecule has 0 aliphatic heterocycles. The zero-order valence-corrected chi connectivity index (χ0v) is 11.1. The fourth-order valence-electron chi connectivity index (χ4n) is 2.26. The van der Waals surface area contributed by atoms with Gasteiger partial charge in [-0.3, -0.25) is 14.3 Å². The minimum absolute atomic E-state index is 0.134. The number of hydrogen-bond acceptors (Lipinski definition) is 5. The van der Waals surface area contributed by atoms with Gasteiger partial charge < -0.3 is 15.8 Å². The van der Waals surface area contributed by atoms with Gasteiger partial charge in [-0.25, -0.2) is 4.79 Å². The Morgan fingerprint density at radius 3 is 2.79 bits per heavy atom. The summed E-state index contributed by atoms with van der Waals surface area (Å²) in [5, 5.41) is 2.92. The van der Waals surface area contributed by atoms with Crippen LogP contribution >= 0.6 is 0 Å². The largest absolute Gasteiger partial charge is 0.383 e. The first kappa shape index (κ1) is 13.7. The van der Waals surface area contributed by atoms with Crippen LogP contribution in [0.15, 0.2) is 9.59 Å². The molecule has 0 aromatic carbocycles. The summed E-state index contributed by atoms with van der Waals surface area (Å²) >= 11 is 0. The van der Waals surface area contributed by atoms with E-state index in [0.717, 1.165) is 12.8 Å². The summed E-state index contributed by atoms with van der Waals surface area (Å²) in [5.74, 6) is 0.134. The van der Waals surface area contributed by atoms with Crippen molar-refractivity contribution < 1.29 is 4.74 Å². The molecule has 0 bridgehead atoms. The molecular formula is C12H20N4O3. The lowest BCUT2D eigenvalue weighted by atomic mass is 10.3. The summed E-state index contributed by atoms with van der Waals surface area (Å²) in [6, 6.07) is 0. The van der Waals surface area contributed by atoms with Crippen LogP contribution < -0.4 is 22.3 Å². The third-order valence-corrected chi connectivity index (χ3v) is 3.43. The van der Waals surface area contributed by atoms with Crippen LogP contribution in [0.25, 0.3) is 0 Å². The normalized spacial score (nSPS) is 15.8. The fraction of sp³-hybridized carbons (Fsp3) is 0.667. The van der Waals surface area contributed by atoms with Gasteiger partial charge in [0.2, 0.25) is 0 Å². The molecule has 1 aliphatic carbocycles. The van der Waals surface area contributed by atoms with E-state index in [-0.39, 0.29) is 11.5 Å². The van der Waals surface area contributed by atoms with Crippen LogP contribution in [-0.4, -0.2) is 28.8 Å². The lowest BCUT2D eigenvalue weighted by molar-refractivity contribution is 0.0659. The second-order valence-corrected chi connectivity index (χ2v) is 4.78. The van der Waals surface area contributed by atoms with E-state index in [2.05, 4.69) is 10.3 Å². The van der Waals surface area contributed by atoms with E-state index in [1.54, 1.807) is 0 Å². The van der Waals surface area contributed by atoms with Gasteiger partial charge in [0.05, 0.1) is 12.7 Å². The Morgan fingerprint density at radius 2 is 2.11 bits per heavy atom. The van der Waals surface area contributed by atoms with Gasteiger partial charge in [-0.2, -0.15) is 0 Å². The number of H-pyrrole nitrogens is 1. The first-order valence-electron chi connectivity index (χ1n) is 6.54. The molecule has 2 rings (SSSR count). The second kappa shape index (κ2) is 5.92. The molecule has 1 heterocycles. The van der Waals surface area contributed by atoms with E-state index in [9.17, 15) is 9.59 Å². The van der Waals surface area contributed by atoms with Gasteiger partial charge in [0.1, 0.15) is 11.5 Å². The minimum atomic E-state index is -0.518. The second-order valence-electron chi connectivity index (χ2n) is 4.78. The average molecular weight is 268 g/mol. The molecule has 4 N–H and O–H groups in total. The number of aromatic nitrogens is 2. The number of rotatable bonds is 5. The molecule has 7 nitrogen and oxygen atoms in total. The van der Waals surface area contributed by atoms with E-state index < -0.39 is 11.2 Å². The zero-order chi connectivity index (χ0) is 13.8. The molecule has 7 heteroatoms. The van der Waals surface area contributed by atoms with Crippen molar-refractivity contribution >= 4 is 11.5 Å². The molecule has 0 amide bonds. The van der Waals surface area contributed by atoms with Gasteiger partial charge in [0.25, 0.3) is 5.56 Å². The van der Waals surface area contributed by atoms with Crippen molar-refractivity contribution in [3.8, 4) is 0 Å². The summed E-state index contributed by atoms with van der Waals surface area (Å²) in [7, 11) is 1.51. The van der Waals surface area contributed by atoms with Gasteiger partial charge in [0.15, 0.2) is 0 Å². The molecule has 1 saturated carbocycles. The highest BCUT2D eigenvalue weighted by atomic mass is 16.5. The third kappa shape index (κ3) is 3.17. The highest BCUT2D eigenvalue weighted by Crippen LogP contribution is 2.20. The topological polar surface area (TPSA) is 102 Å². The smallest absolute Gasteiger partial charge is 0.329 e. The number of nitrogens with zero attached hydrogens (tertiary/aromatic N) is 1. The van der Waals surface area contributed by atoms with E-state index >= 15 is 0 Å². The van der Waals surface area contributed by atoms with Gasteiger partial charge in [-0.05, 0) is 12.8 Å². The van der Waals surface area contributed by atoms with Gasteiger partial charge in [0, 0.05) is 13.6 Å². The highest BCUT2D eigenvalue weighted by Gasteiger charge is 2.15. The minimum Gasteiger partial charge on any atom is -0.383 e. The molecule has 0 unspecified atom stereocenters. The van der Waals surface area contributed by atoms with Gasteiger partial charge in [-0.15, -0.1) is 0 Å². The molecular weight excluding hydrogens is 248 g/mol. The quantitative estimate of drug-likeness (QED) is 0.654. The van der Waals surface area contributed by atoms with Crippen molar-refractivity contribution in [1.29, 1.82) is 0 Å². The maximum Gasteiger partial charge on any atom is 0.329 e. The molecule has 19 heavy (non-hydrogen) atoms. The lowest BCUT2D eigenvalue weighted by Crippen LogP contribution is -2.33. The number of anilines is 2. The molecule has 1 aliphatic rings. The Hall–Kier alpha value is -1.76. The van der Waals surface area contributed by atoms with Crippen LogP contribution in [0.4, 0.5) is 11.5 Å². The van der Waals surface area contributed by atoms with Crippen molar-refractivity contribution in [3.63, 3.8) is 0 Å². The van der Waals surface area contributed by atoms with Crippen LogP contribution in [0, 0.1) is 0 Å². The van der Waals surface area contributed by atoms with Crippen molar-refractivity contribution in [1.82, 2.24) is 9.55 Å². The number of nitrogens with two attached hydrogens (primary N) is 1. The molecule has 1 fully saturated rings. The molecule has 0 atom stereocenters. The van der Waals surface area contributed by atoms with Crippen LogP contribution in [-0.2, 0) is 11.8 Å². The monoisotopic (exact) mass is 268 g/mol. The van der Waals surface area contributed by atoms with Crippen molar-refractivity contribution in [3.05, 3.63) is 20.8 Å². The average Bonchev–Trinajstić information content (AvgIpc) is 2.88. The molecule has 1 aromatic heterocycles. The number of aromatic amines is 1. The number of nitrogen functional groups attached to an aromatic ring is 1. The maximum absolute atomic E-state index is 11.6. The fourth-order valence-corrected chi connectivity index (χ4v) is 2.26. The standard InChI is InChI=1S/C12H20N4O3/c1-16-10(13)9(11(17)15-12(16)18)14-6-7-19-8-4-2-3-5-8/h8,14H,2-7,13H2,1H3,(H,15,17,18). The molecule has 0 saturated heterocycles. The van der Waals surface area contributed by atoms with E-state index in [0.29, 0.717) is 19.3 Å². The van der Waals surface area contributed by atoms with Crippen molar-refractivity contribution in [2.45, 2.75) is 31.8 Å². The molecule has 106 valence electrons. The Morgan fingerprint density at radius 1 is 1.42 bits per heavy atom. The highest BCUT2D eigenvalue weighted by molar-refractivity contribution is 5.60. The zero-order valence-electron chi connectivity index (χ0n) is 11.1. The van der Waals surface area contributed by atoms with E-state index in [1.807, 2.05) is 0 Å². The summed E-state index contributed by atoms with van der Waals surface area (Å²) in [6.45, 7) is 1.01. The molecule has 1 aromatic rings. The molecule has 0 radical (unpaired) electrons. The van der Waals surface area contributed by atoms with Gasteiger partial charge >= 0.3 is 5.69 Å². The van der Waals surface area contributed by atoms with Crippen molar-refractivity contribution in [2.24, 2.45) is 7.05 Å². The lowest BCUT2D eigenvalue weighted by Gasteiger charge is -2.13. The van der Waals surface area contributed by atoms with Crippen LogP contribution in [0.3, 0.4) is 0 Å². The van der Waals surface area contributed by atoms with Crippen molar-refractivity contribution in [2.75, 3.05) is 24.2 Å².